The van der Waals surface area contributed by atoms with Crippen LogP contribution in [0.2, 0.25) is 5.02 Å². The lowest BCUT2D eigenvalue weighted by molar-refractivity contribution is 0.0939. The van der Waals surface area contributed by atoms with Gasteiger partial charge in [-0.15, -0.1) is 0 Å². The summed E-state index contributed by atoms with van der Waals surface area (Å²) in [6.45, 7) is 3.80. The third kappa shape index (κ3) is 4.68. The minimum atomic E-state index is -0.662. The highest BCUT2D eigenvalue weighted by Gasteiger charge is 2.27. The van der Waals surface area contributed by atoms with Gasteiger partial charge in [-0.2, -0.15) is 0 Å². The summed E-state index contributed by atoms with van der Waals surface area (Å²) in [7, 11) is 0. The Bertz CT molecular complexity index is 893. The SMILES string of the molecule is CCCCOCCCNC(=O)c1cn(C2CC2)c2cc(Cl)c(F)cc2c1=O. The Labute approximate surface area is 162 Å². The number of hydrogen-bond donors (Lipinski definition) is 1. The van der Waals surface area contributed by atoms with Crippen molar-refractivity contribution in [2.45, 2.75) is 45.1 Å². The molecule has 7 heteroatoms. The number of rotatable bonds is 9. The minimum absolute atomic E-state index is 0.0306. The van der Waals surface area contributed by atoms with Crippen LogP contribution < -0.4 is 10.7 Å². The molecule has 146 valence electrons. The Hall–Kier alpha value is -1.92. The summed E-state index contributed by atoms with van der Waals surface area (Å²) in [6.07, 6.45) is 6.27. The van der Waals surface area contributed by atoms with Crippen molar-refractivity contribution in [3.63, 3.8) is 0 Å². The molecule has 1 saturated carbocycles. The molecule has 1 aromatic heterocycles. The molecule has 27 heavy (non-hydrogen) atoms. The smallest absolute Gasteiger partial charge is 0.256 e. The molecule has 0 bridgehead atoms. The van der Waals surface area contributed by atoms with Crippen LogP contribution in [0.15, 0.2) is 23.1 Å². The van der Waals surface area contributed by atoms with Gasteiger partial charge in [-0.3, -0.25) is 9.59 Å². The van der Waals surface area contributed by atoms with Crippen molar-refractivity contribution in [2.24, 2.45) is 0 Å². The normalized spacial score (nSPS) is 13.9. The van der Waals surface area contributed by atoms with E-state index in [4.69, 9.17) is 16.3 Å². The average Bonchev–Trinajstić information content (AvgIpc) is 3.48. The van der Waals surface area contributed by atoms with E-state index < -0.39 is 17.2 Å². The number of ether oxygens (including phenoxy) is 1. The lowest BCUT2D eigenvalue weighted by Crippen LogP contribution is -2.31. The molecule has 1 aliphatic carbocycles. The zero-order chi connectivity index (χ0) is 19.4. The van der Waals surface area contributed by atoms with Crippen LogP contribution in [0.4, 0.5) is 4.39 Å². The van der Waals surface area contributed by atoms with Gasteiger partial charge in [-0.05, 0) is 37.8 Å². The number of nitrogens with zero attached hydrogens (tertiary/aromatic N) is 1. The highest BCUT2D eigenvalue weighted by atomic mass is 35.5. The van der Waals surface area contributed by atoms with E-state index in [1.165, 1.54) is 6.07 Å². The molecule has 0 atom stereocenters. The molecule has 0 spiro atoms. The number of halogens is 2. The Morgan fingerprint density at radius 3 is 2.78 bits per heavy atom. The van der Waals surface area contributed by atoms with Gasteiger partial charge in [0.1, 0.15) is 11.4 Å². The Kier molecular flexibility index (Phi) is 6.50. The van der Waals surface area contributed by atoms with Crippen LogP contribution >= 0.6 is 11.6 Å². The minimum Gasteiger partial charge on any atom is -0.381 e. The molecule has 0 aliphatic heterocycles. The standard InChI is InChI=1S/C20H24ClFN2O3/c1-2-3-8-27-9-4-7-23-20(26)15-12-24(13-5-6-13)18-11-16(21)17(22)10-14(18)19(15)25/h10-13H,2-9H2,1H3,(H,23,26). The monoisotopic (exact) mass is 394 g/mol. The zero-order valence-corrected chi connectivity index (χ0v) is 16.2. The summed E-state index contributed by atoms with van der Waals surface area (Å²) < 4.78 is 21.2. The van der Waals surface area contributed by atoms with E-state index in [1.807, 2.05) is 4.57 Å². The summed E-state index contributed by atoms with van der Waals surface area (Å²) >= 11 is 5.89. The van der Waals surface area contributed by atoms with E-state index in [9.17, 15) is 14.0 Å². The van der Waals surface area contributed by atoms with Gasteiger partial charge < -0.3 is 14.6 Å². The fourth-order valence-corrected chi connectivity index (χ4v) is 3.14. The molecule has 1 amide bonds. The number of unbranched alkanes of at least 4 members (excludes halogenated alkanes) is 1. The van der Waals surface area contributed by atoms with Gasteiger partial charge in [0.05, 0.1) is 10.5 Å². The summed E-state index contributed by atoms with van der Waals surface area (Å²) in [6, 6.07) is 2.80. The number of benzene rings is 1. The number of nitrogens with one attached hydrogen (secondary N) is 1. The molecule has 1 aliphatic rings. The van der Waals surface area contributed by atoms with Crippen LogP contribution in [0.3, 0.4) is 0 Å². The second-order valence-electron chi connectivity index (χ2n) is 6.87. The van der Waals surface area contributed by atoms with Crippen molar-refractivity contribution in [2.75, 3.05) is 19.8 Å². The second-order valence-corrected chi connectivity index (χ2v) is 7.28. The zero-order valence-electron chi connectivity index (χ0n) is 15.4. The maximum atomic E-state index is 13.9. The van der Waals surface area contributed by atoms with Gasteiger partial charge in [-0.1, -0.05) is 24.9 Å². The van der Waals surface area contributed by atoms with Crippen LogP contribution in [-0.2, 0) is 4.74 Å². The third-order valence-corrected chi connectivity index (χ3v) is 4.94. The number of carbonyl (C=O) groups excluding carboxylic acids is 1. The number of aromatic nitrogens is 1. The van der Waals surface area contributed by atoms with E-state index in [1.54, 1.807) is 6.20 Å². The fraction of sp³-hybridized carbons (Fsp3) is 0.500. The topological polar surface area (TPSA) is 60.3 Å². The second kappa shape index (κ2) is 8.85. The molecule has 0 saturated heterocycles. The van der Waals surface area contributed by atoms with E-state index in [0.29, 0.717) is 25.1 Å². The van der Waals surface area contributed by atoms with E-state index in [-0.39, 0.29) is 22.0 Å². The highest BCUT2D eigenvalue weighted by Crippen LogP contribution is 2.37. The largest absolute Gasteiger partial charge is 0.381 e. The van der Waals surface area contributed by atoms with Crippen LogP contribution in [0.1, 0.15) is 55.4 Å². The Balaban J connectivity index is 1.76. The molecule has 0 radical (unpaired) electrons. The predicted octanol–water partition coefficient (Wildman–Crippen LogP) is 4.07. The summed E-state index contributed by atoms with van der Waals surface area (Å²) in [5.41, 5.74) is 0.118. The van der Waals surface area contributed by atoms with Gasteiger partial charge in [0.15, 0.2) is 0 Å². The maximum absolute atomic E-state index is 13.9. The van der Waals surface area contributed by atoms with Gasteiger partial charge in [-0.25, -0.2) is 4.39 Å². The highest BCUT2D eigenvalue weighted by molar-refractivity contribution is 6.31. The van der Waals surface area contributed by atoms with Crippen LogP contribution in [0, 0.1) is 5.82 Å². The lowest BCUT2D eigenvalue weighted by atomic mass is 10.1. The van der Waals surface area contributed by atoms with Crippen LogP contribution in [-0.4, -0.2) is 30.2 Å². The molecular formula is C20H24ClFN2O3. The van der Waals surface area contributed by atoms with Crippen molar-refractivity contribution in [3.8, 4) is 0 Å². The quantitative estimate of drug-likeness (QED) is 0.652. The van der Waals surface area contributed by atoms with Crippen LogP contribution in [0.5, 0.6) is 0 Å². The maximum Gasteiger partial charge on any atom is 0.256 e. The van der Waals surface area contributed by atoms with Crippen molar-refractivity contribution in [1.29, 1.82) is 0 Å². The lowest BCUT2D eigenvalue weighted by Gasteiger charge is -2.13. The molecule has 1 aromatic carbocycles. The molecule has 1 fully saturated rings. The number of carbonyl (C=O) groups is 1. The van der Waals surface area contributed by atoms with Gasteiger partial charge in [0, 0.05) is 37.4 Å². The average molecular weight is 395 g/mol. The summed E-state index contributed by atoms with van der Waals surface area (Å²) in [5, 5.41) is 2.90. The molecule has 2 aromatic rings. The van der Waals surface area contributed by atoms with E-state index >= 15 is 0 Å². The first kappa shape index (κ1) is 19.8. The Morgan fingerprint density at radius 1 is 1.33 bits per heavy atom. The van der Waals surface area contributed by atoms with E-state index in [2.05, 4.69) is 12.2 Å². The molecular weight excluding hydrogens is 371 g/mol. The first-order valence-electron chi connectivity index (χ1n) is 9.42. The number of hydrogen-bond acceptors (Lipinski definition) is 3. The number of amides is 1. The van der Waals surface area contributed by atoms with Gasteiger partial charge in [0.2, 0.25) is 5.43 Å². The summed E-state index contributed by atoms with van der Waals surface area (Å²) in [4.78, 5) is 25.2. The van der Waals surface area contributed by atoms with Crippen molar-refractivity contribution >= 4 is 28.4 Å². The van der Waals surface area contributed by atoms with Gasteiger partial charge >= 0.3 is 0 Å². The molecule has 0 unspecified atom stereocenters. The van der Waals surface area contributed by atoms with Gasteiger partial charge in [0.25, 0.3) is 5.91 Å². The first-order valence-corrected chi connectivity index (χ1v) is 9.80. The fourth-order valence-electron chi connectivity index (χ4n) is 2.98. The van der Waals surface area contributed by atoms with Crippen LogP contribution in [0.25, 0.3) is 10.9 Å². The summed E-state index contributed by atoms with van der Waals surface area (Å²) in [5.74, 6) is -1.11. The molecule has 1 N–H and O–H groups in total. The first-order chi connectivity index (χ1) is 13.0. The molecule has 1 heterocycles. The molecule has 5 nitrogen and oxygen atoms in total. The predicted molar refractivity (Wildman–Crippen MR) is 104 cm³/mol. The van der Waals surface area contributed by atoms with Crippen molar-refractivity contribution in [1.82, 2.24) is 9.88 Å². The van der Waals surface area contributed by atoms with Crippen molar-refractivity contribution < 1.29 is 13.9 Å². The third-order valence-electron chi connectivity index (χ3n) is 4.65. The van der Waals surface area contributed by atoms with E-state index in [0.717, 1.165) is 38.4 Å². The Morgan fingerprint density at radius 2 is 2.07 bits per heavy atom. The molecule has 3 rings (SSSR count). The number of fused-ring (bicyclic) bond motifs is 1. The van der Waals surface area contributed by atoms with Crippen molar-refractivity contribution in [3.05, 3.63) is 45.0 Å². The number of pyridine rings is 1.